The first-order chi connectivity index (χ1) is 2.77. The van der Waals surface area contributed by atoms with Crippen LogP contribution in [-0.4, -0.2) is 13.2 Å². The minimum Gasteiger partial charge on any atom is -0.110 e. The molecule has 1 unspecified atom stereocenters. The third-order valence-electron chi connectivity index (χ3n) is 0.381. The second kappa shape index (κ2) is 3.26. The SMILES string of the molecule is CCN[P+](C)=O. The van der Waals surface area contributed by atoms with Crippen molar-refractivity contribution >= 4 is 7.95 Å². The van der Waals surface area contributed by atoms with Crippen LogP contribution in [0.25, 0.3) is 0 Å². The van der Waals surface area contributed by atoms with Gasteiger partial charge in [-0.15, -0.1) is 5.09 Å². The van der Waals surface area contributed by atoms with Gasteiger partial charge in [0.25, 0.3) is 0 Å². The zero-order chi connectivity index (χ0) is 4.99. The van der Waals surface area contributed by atoms with Crippen LogP contribution < -0.4 is 5.09 Å². The van der Waals surface area contributed by atoms with E-state index in [1.54, 1.807) is 6.66 Å². The molecule has 0 amide bonds. The van der Waals surface area contributed by atoms with Gasteiger partial charge in [-0.25, -0.2) is 0 Å². The van der Waals surface area contributed by atoms with Crippen LogP contribution in [0.1, 0.15) is 6.92 Å². The smallest absolute Gasteiger partial charge is 0.110 e. The summed E-state index contributed by atoms with van der Waals surface area (Å²) in [6.45, 7) is 4.38. The molecule has 0 radical (unpaired) electrons. The first-order valence-electron chi connectivity index (χ1n) is 1.91. The lowest BCUT2D eigenvalue weighted by Gasteiger charge is -1.72. The highest BCUT2D eigenvalue weighted by molar-refractivity contribution is 7.41. The summed E-state index contributed by atoms with van der Waals surface area (Å²) in [4.78, 5) is 0. The van der Waals surface area contributed by atoms with Gasteiger partial charge in [0.1, 0.15) is 0 Å². The van der Waals surface area contributed by atoms with Crippen LogP contribution in [0.3, 0.4) is 0 Å². The van der Waals surface area contributed by atoms with Crippen LogP contribution >= 0.6 is 7.95 Å². The van der Waals surface area contributed by atoms with Gasteiger partial charge in [-0.2, -0.15) is 0 Å². The summed E-state index contributed by atoms with van der Waals surface area (Å²) in [6, 6.07) is 0. The van der Waals surface area contributed by atoms with Crippen molar-refractivity contribution in [3.8, 4) is 0 Å². The molecule has 6 heavy (non-hydrogen) atoms. The van der Waals surface area contributed by atoms with Gasteiger partial charge in [0.05, 0.1) is 0 Å². The van der Waals surface area contributed by atoms with E-state index in [1.807, 2.05) is 6.92 Å². The number of hydrogen-bond donors (Lipinski definition) is 1. The molecule has 0 heterocycles. The van der Waals surface area contributed by atoms with Crippen LogP contribution in [0.4, 0.5) is 0 Å². The summed E-state index contributed by atoms with van der Waals surface area (Å²) >= 11 is 0. The van der Waals surface area contributed by atoms with Gasteiger partial charge in [-0.3, -0.25) is 0 Å². The van der Waals surface area contributed by atoms with Crippen molar-refractivity contribution in [2.75, 3.05) is 13.2 Å². The average molecular weight is 106 g/mol. The maximum atomic E-state index is 10.1. The highest BCUT2D eigenvalue weighted by Crippen LogP contribution is 2.02. The molecule has 0 fully saturated rings. The summed E-state index contributed by atoms with van der Waals surface area (Å²) < 4.78 is 10.1. The van der Waals surface area contributed by atoms with Crippen molar-refractivity contribution in [3.63, 3.8) is 0 Å². The van der Waals surface area contributed by atoms with E-state index in [0.29, 0.717) is 0 Å². The van der Waals surface area contributed by atoms with Crippen molar-refractivity contribution in [3.05, 3.63) is 0 Å². The predicted molar refractivity (Wildman–Crippen MR) is 27.2 cm³/mol. The lowest BCUT2D eigenvalue weighted by Crippen LogP contribution is -1.98. The Balaban J connectivity index is 2.83. The van der Waals surface area contributed by atoms with Crippen LogP contribution in [0.5, 0.6) is 0 Å². The third kappa shape index (κ3) is 4.06. The summed E-state index contributed by atoms with van der Waals surface area (Å²) in [5.41, 5.74) is 0. The quantitative estimate of drug-likeness (QED) is 0.531. The van der Waals surface area contributed by atoms with Crippen molar-refractivity contribution in [2.45, 2.75) is 6.92 Å². The van der Waals surface area contributed by atoms with Crippen molar-refractivity contribution < 1.29 is 4.57 Å². The van der Waals surface area contributed by atoms with E-state index in [9.17, 15) is 4.57 Å². The van der Waals surface area contributed by atoms with E-state index in [2.05, 4.69) is 5.09 Å². The molecule has 0 aliphatic heterocycles. The molecule has 1 atom stereocenters. The summed E-state index contributed by atoms with van der Waals surface area (Å²) in [7, 11) is -1.10. The van der Waals surface area contributed by atoms with Crippen LogP contribution in [0.15, 0.2) is 0 Å². The molecule has 0 aromatic rings. The minimum atomic E-state index is -1.10. The van der Waals surface area contributed by atoms with Gasteiger partial charge in [0.15, 0.2) is 6.66 Å². The maximum absolute atomic E-state index is 10.1. The van der Waals surface area contributed by atoms with Crippen molar-refractivity contribution in [1.82, 2.24) is 5.09 Å². The fraction of sp³-hybridized carbons (Fsp3) is 1.00. The third-order valence-corrected chi connectivity index (χ3v) is 1.14. The number of rotatable bonds is 2. The Bertz CT molecular complexity index is 54.8. The molecule has 2 nitrogen and oxygen atoms in total. The molecule has 0 rings (SSSR count). The molecule has 0 saturated carbocycles. The van der Waals surface area contributed by atoms with Gasteiger partial charge < -0.3 is 0 Å². The molecule has 36 valence electrons. The van der Waals surface area contributed by atoms with Crippen molar-refractivity contribution in [1.29, 1.82) is 0 Å². The predicted octanol–water partition coefficient (Wildman–Crippen LogP) is 0.968. The lowest BCUT2D eigenvalue weighted by molar-refractivity contribution is 0.584. The van der Waals surface area contributed by atoms with Gasteiger partial charge >= 0.3 is 7.95 Å². The molecule has 0 bridgehead atoms. The van der Waals surface area contributed by atoms with E-state index in [1.165, 1.54) is 0 Å². The van der Waals surface area contributed by atoms with E-state index >= 15 is 0 Å². The van der Waals surface area contributed by atoms with Crippen LogP contribution in [-0.2, 0) is 4.57 Å². The van der Waals surface area contributed by atoms with E-state index < -0.39 is 7.95 Å². The summed E-state index contributed by atoms with van der Waals surface area (Å²) in [5, 5.41) is 2.72. The molecule has 3 heteroatoms. The molecule has 0 aliphatic rings. The molecular formula is C3H9NOP+. The van der Waals surface area contributed by atoms with Gasteiger partial charge in [0, 0.05) is 6.54 Å². The zero-order valence-corrected chi connectivity index (χ0v) is 4.96. The summed E-state index contributed by atoms with van der Waals surface area (Å²) in [6.07, 6.45) is 0. The molecule has 0 aromatic carbocycles. The highest BCUT2D eigenvalue weighted by Gasteiger charge is 1.96. The molecular weight excluding hydrogens is 97.0 g/mol. The zero-order valence-electron chi connectivity index (χ0n) is 4.06. The normalized spacial score (nSPS) is 11.3. The van der Waals surface area contributed by atoms with E-state index in [-0.39, 0.29) is 0 Å². The Hall–Kier alpha value is 0.0600. The second-order valence-corrected chi connectivity index (χ2v) is 2.32. The van der Waals surface area contributed by atoms with Gasteiger partial charge in [-0.1, -0.05) is 4.57 Å². The summed E-state index contributed by atoms with van der Waals surface area (Å²) in [5.74, 6) is 0. The van der Waals surface area contributed by atoms with Gasteiger partial charge in [0.2, 0.25) is 0 Å². The Morgan fingerprint density at radius 2 is 2.33 bits per heavy atom. The topological polar surface area (TPSA) is 29.1 Å². The van der Waals surface area contributed by atoms with Crippen LogP contribution in [0.2, 0.25) is 0 Å². The fourth-order valence-electron chi connectivity index (χ4n) is 0.223. The monoisotopic (exact) mass is 106 g/mol. The number of nitrogens with one attached hydrogen (secondary N) is 1. The number of hydrogen-bond acceptors (Lipinski definition) is 1. The Morgan fingerprint density at radius 3 is 2.33 bits per heavy atom. The first kappa shape index (κ1) is 6.06. The maximum Gasteiger partial charge on any atom is 0.428 e. The van der Waals surface area contributed by atoms with Crippen molar-refractivity contribution in [2.24, 2.45) is 0 Å². The minimum absolute atomic E-state index is 0.797. The Kier molecular flexibility index (Phi) is 3.29. The first-order valence-corrected chi connectivity index (χ1v) is 3.62. The van der Waals surface area contributed by atoms with E-state index in [0.717, 1.165) is 6.54 Å². The molecule has 0 aliphatic carbocycles. The molecule has 0 saturated heterocycles. The van der Waals surface area contributed by atoms with Gasteiger partial charge in [-0.05, 0) is 6.92 Å². The molecule has 0 spiro atoms. The Morgan fingerprint density at radius 1 is 1.83 bits per heavy atom. The molecule has 0 aromatic heterocycles. The second-order valence-electron chi connectivity index (χ2n) is 1.01. The lowest BCUT2D eigenvalue weighted by atomic mass is 10.8. The Labute approximate surface area is 38.8 Å². The highest BCUT2D eigenvalue weighted by atomic mass is 31.1. The molecule has 1 N–H and O–H groups in total. The van der Waals surface area contributed by atoms with Crippen LogP contribution in [0, 0.1) is 0 Å². The standard InChI is InChI=1S/C3H9NOP/c1-3-4-6(2)5/h3H2,1-2H3,(H,4,5)/q+1. The largest absolute Gasteiger partial charge is 0.428 e. The fourth-order valence-corrected chi connectivity index (χ4v) is 0.668. The average Bonchev–Trinajstić information content (AvgIpc) is 1.35. The van der Waals surface area contributed by atoms with E-state index in [4.69, 9.17) is 0 Å².